The molecule has 0 heterocycles. The van der Waals surface area contributed by atoms with Crippen LogP contribution in [0.3, 0.4) is 0 Å². The summed E-state index contributed by atoms with van der Waals surface area (Å²) in [5.41, 5.74) is 1.06. The first-order valence-electron chi connectivity index (χ1n) is 5.06. The zero-order valence-electron chi connectivity index (χ0n) is 9.25. The number of hydrogen-bond acceptors (Lipinski definition) is 1. The lowest BCUT2D eigenvalue weighted by atomic mass is 10.1. The van der Waals surface area contributed by atoms with Crippen molar-refractivity contribution in [2.24, 2.45) is 5.92 Å². The minimum absolute atomic E-state index is 0.0137. The van der Waals surface area contributed by atoms with Crippen LogP contribution in [-0.4, -0.2) is 5.91 Å². The van der Waals surface area contributed by atoms with Crippen LogP contribution < -0.4 is 5.32 Å². The molecule has 0 fully saturated rings. The summed E-state index contributed by atoms with van der Waals surface area (Å²) in [5, 5.41) is 3.64. The molecule has 0 aromatic heterocycles. The Balaban J connectivity index is 2.65. The average Bonchev–Trinajstić information content (AvgIpc) is 2.18. The van der Waals surface area contributed by atoms with Gasteiger partial charge >= 0.3 is 0 Å². The van der Waals surface area contributed by atoms with Crippen molar-refractivity contribution in [3.05, 3.63) is 34.9 Å². The van der Waals surface area contributed by atoms with Crippen molar-refractivity contribution in [2.45, 2.75) is 26.8 Å². The zero-order valence-corrected chi connectivity index (χ0v) is 10.0. The Hall–Kier alpha value is -1.02. The van der Waals surface area contributed by atoms with Gasteiger partial charge in [-0.1, -0.05) is 37.6 Å². The molecule has 3 heteroatoms. The lowest BCUT2D eigenvalue weighted by Crippen LogP contribution is -2.30. The first kappa shape index (κ1) is 12.1. The number of hydrogen-bond donors (Lipinski definition) is 1. The normalized spacial score (nSPS) is 12.6. The number of nitrogens with one attached hydrogen (secondary N) is 1. The Labute approximate surface area is 95.6 Å². The Morgan fingerprint density at radius 1 is 1.20 bits per heavy atom. The fraction of sp³-hybridized carbons (Fsp3) is 0.417. The molecule has 0 aliphatic heterocycles. The number of rotatable bonds is 3. The molecule has 0 radical (unpaired) electrons. The van der Waals surface area contributed by atoms with Crippen LogP contribution in [0.1, 0.15) is 32.4 Å². The van der Waals surface area contributed by atoms with Gasteiger partial charge in [0.05, 0.1) is 6.04 Å². The van der Waals surface area contributed by atoms with Crippen molar-refractivity contribution >= 4 is 17.5 Å². The highest BCUT2D eigenvalue weighted by atomic mass is 35.5. The van der Waals surface area contributed by atoms with Crippen LogP contribution in [0.15, 0.2) is 24.3 Å². The maximum absolute atomic E-state index is 11.5. The average molecular weight is 226 g/mol. The SMILES string of the molecule is CC(C)C(=O)N[C@@H](C)c1ccc(Cl)cc1. The van der Waals surface area contributed by atoms with Crippen molar-refractivity contribution in [3.8, 4) is 0 Å². The van der Waals surface area contributed by atoms with Gasteiger partial charge < -0.3 is 5.32 Å². The van der Waals surface area contributed by atoms with Crippen molar-refractivity contribution in [1.82, 2.24) is 5.32 Å². The van der Waals surface area contributed by atoms with E-state index >= 15 is 0 Å². The molecule has 0 saturated heterocycles. The second-order valence-corrected chi connectivity index (χ2v) is 4.37. The van der Waals surface area contributed by atoms with E-state index in [-0.39, 0.29) is 17.9 Å². The Kier molecular flexibility index (Phi) is 4.15. The summed E-state index contributed by atoms with van der Waals surface area (Å²) in [6, 6.07) is 7.53. The van der Waals surface area contributed by atoms with Crippen LogP contribution in [0, 0.1) is 5.92 Å². The topological polar surface area (TPSA) is 29.1 Å². The number of halogens is 1. The third-order valence-corrected chi connectivity index (χ3v) is 2.51. The molecular formula is C12H16ClNO. The van der Waals surface area contributed by atoms with E-state index in [1.165, 1.54) is 0 Å². The highest BCUT2D eigenvalue weighted by molar-refractivity contribution is 6.30. The van der Waals surface area contributed by atoms with Gasteiger partial charge in [0, 0.05) is 10.9 Å². The molecule has 1 aromatic rings. The first-order chi connectivity index (χ1) is 7.00. The highest BCUT2D eigenvalue weighted by Gasteiger charge is 2.11. The molecule has 0 aliphatic carbocycles. The fourth-order valence-electron chi connectivity index (χ4n) is 1.21. The van der Waals surface area contributed by atoms with Gasteiger partial charge in [-0.05, 0) is 24.6 Å². The number of carbonyl (C=O) groups is 1. The van der Waals surface area contributed by atoms with Gasteiger partial charge in [-0.3, -0.25) is 4.79 Å². The largest absolute Gasteiger partial charge is 0.349 e. The number of amides is 1. The molecule has 0 bridgehead atoms. The van der Waals surface area contributed by atoms with Crippen molar-refractivity contribution in [1.29, 1.82) is 0 Å². The second kappa shape index (κ2) is 5.17. The molecule has 1 aromatic carbocycles. The summed E-state index contributed by atoms with van der Waals surface area (Å²) >= 11 is 5.79. The summed E-state index contributed by atoms with van der Waals surface area (Å²) < 4.78 is 0. The van der Waals surface area contributed by atoms with Crippen molar-refractivity contribution < 1.29 is 4.79 Å². The lowest BCUT2D eigenvalue weighted by molar-refractivity contribution is -0.124. The molecule has 1 amide bonds. The molecule has 0 saturated carbocycles. The van der Waals surface area contributed by atoms with Crippen molar-refractivity contribution in [3.63, 3.8) is 0 Å². The van der Waals surface area contributed by atoms with Gasteiger partial charge in [-0.15, -0.1) is 0 Å². The summed E-state index contributed by atoms with van der Waals surface area (Å²) in [5.74, 6) is 0.0807. The van der Waals surface area contributed by atoms with E-state index in [1.54, 1.807) is 0 Å². The number of benzene rings is 1. The van der Waals surface area contributed by atoms with Crippen LogP contribution in [0.4, 0.5) is 0 Å². The summed E-state index contributed by atoms with van der Waals surface area (Å²) in [6.45, 7) is 5.72. The molecule has 82 valence electrons. The highest BCUT2D eigenvalue weighted by Crippen LogP contribution is 2.16. The minimum Gasteiger partial charge on any atom is -0.349 e. The zero-order chi connectivity index (χ0) is 11.4. The van der Waals surface area contributed by atoms with Gasteiger partial charge in [-0.25, -0.2) is 0 Å². The third kappa shape index (κ3) is 3.56. The summed E-state index contributed by atoms with van der Waals surface area (Å²) in [6.07, 6.45) is 0. The summed E-state index contributed by atoms with van der Waals surface area (Å²) in [7, 11) is 0. The predicted octanol–water partition coefficient (Wildman–Crippen LogP) is 3.17. The predicted molar refractivity (Wildman–Crippen MR) is 62.8 cm³/mol. The third-order valence-electron chi connectivity index (χ3n) is 2.25. The first-order valence-corrected chi connectivity index (χ1v) is 5.44. The van der Waals surface area contributed by atoms with Crippen LogP contribution >= 0.6 is 11.6 Å². The molecule has 0 unspecified atom stereocenters. The number of carbonyl (C=O) groups excluding carboxylic acids is 1. The lowest BCUT2D eigenvalue weighted by Gasteiger charge is -2.15. The molecule has 0 spiro atoms. The molecule has 1 N–H and O–H groups in total. The smallest absolute Gasteiger partial charge is 0.223 e. The van der Waals surface area contributed by atoms with Gasteiger partial charge in [0.2, 0.25) is 5.91 Å². The molecule has 0 aliphatic rings. The molecule has 1 rings (SSSR count). The van der Waals surface area contributed by atoms with Crippen LogP contribution in [0.25, 0.3) is 0 Å². The Morgan fingerprint density at radius 2 is 1.73 bits per heavy atom. The maximum atomic E-state index is 11.5. The Bertz CT molecular complexity index is 332. The van der Waals surface area contributed by atoms with Crippen LogP contribution in [-0.2, 0) is 4.79 Å². The molecule has 2 nitrogen and oxygen atoms in total. The molecule has 1 atom stereocenters. The van der Waals surface area contributed by atoms with Gasteiger partial charge in [0.1, 0.15) is 0 Å². The van der Waals surface area contributed by atoms with E-state index < -0.39 is 0 Å². The van der Waals surface area contributed by atoms with E-state index in [1.807, 2.05) is 45.0 Å². The minimum atomic E-state index is 0.0137. The van der Waals surface area contributed by atoms with E-state index in [4.69, 9.17) is 11.6 Å². The van der Waals surface area contributed by atoms with E-state index in [2.05, 4.69) is 5.32 Å². The maximum Gasteiger partial charge on any atom is 0.223 e. The summed E-state index contributed by atoms with van der Waals surface area (Å²) in [4.78, 5) is 11.5. The van der Waals surface area contributed by atoms with Gasteiger partial charge in [0.25, 0.3) is 0 Å². The van der Waals surface area contributed by atoms with Crippen molar-refractivity contribution in [2.75, 3.05) is 0 Å². The fourth-order valence-corrected chi connectivity index (χ4v) is 1.34. The molecule has 15 heavy (non-hydrogen) atoms. The van der Waals surface area contributed by atoms with Gasteiger partial charge in [-0.2, -0.15) is 0 Å². The van der Waals surface area contributed by atoms with E-state index in [0.717, 1.165) is 5.56 Å². The van der Waals surface area contributed by atoms with Crippen LogP contribution in [0.5, 0.6) is 0 Å². The molecular weight excluding hydrogens is 210 g/mol. The monoisotopic (exact) mass is 225 g/mol. The van der Waals surface area contributed by atoms with Crippen LogP contribution in [0.2, 0.25) is 5.02 Å². The standard InChI is InChI=1S/C12H16ClNO/c1-8(2)12(15)14-9(3)10-4-6-11(13)7-5-10/h4-9H,1-3H3,(H,14,15)/t9-/m0/s1. The van der Waals surface area contributed by atoms with Gasteiger partial charge in [0.15, 0.2) is 0 Å². The van der Waals surface area contributed by atoms with E-state index in [9.17, 15) is 4.79 Å². The Morgan fingerprint density at radius 3 is 2.20 bits per heavy atom. The van der Waals surface area contributed by atoms with E-state index in [0.29, 0.717) is 5.02 Å². The second-order valence-electron chi connectivity index (χ2n) is 3.94. The quantitative estimate of drug-likeness (QED) is 0.841.